The third-order valence-electron chi connectivity index (χ3n) is 3.16. The van der Waals surface area contributed by atoms with E-state index in [2.05, 4.69) is 10.2 Å². The van der Waals surface area contributed by atoms with Crippen molar-refractivity contribution in [2.75, 3.05) is 0 Å². The minimum Gasteiger partial charge on any atom is -0.282 e. The topological polar surface area (TPSA) is 30.2 Å². The van der Waals surface area contributed by atoms with Crippen molar-refractivity contribution in [3.05, 3.63) is 53.7 Å². The molecule has 0 bridgehead atoms. The maximum Gasteiger partial charge on any atom is 0.416 e. The quantitative estimate of drug-likeness (QED) is 0.617. The van der Waals surface area contributed by atoms with Crippen LogP contribution in [0.4, 0.5) is 26.3 Å². The first-order chi connectivity index (χ1) is 10.7. The summed E-state index contributed by atoms with van der Waals surface area (Å²) in [6.45, 7) is 0. The summed E-state index contributed by atoms with van der Waals surface area (Å²) in [7, 11) is 0. The van der Waals surface area contributed by atoms with E-state index >= 15 is 0 Å². The summed E-state index contributed by atoms with van der Waals surface area (Å²) in [5, 5.41) is 7.42. The highest BCUT2D eigenvalue weighted by Crippen LogP contribution is 2.38. The van der Waals surface area contributed by atoms with E-state index in [1.807, 2.05) is 0 Å². The van der Waals surface area contributed by atoms with E-state index in [9.17, 15) is 26.3 Å². The lowest BCUT2D eigenvalue weighted by molar-refractivity contribution is -0.143. The lowest BCUT2D eigenvalue weighted by Crippen LogP contribution is -2.11. The molecule has 1 aromatic carbocycles. The predicted octanol–water partition coefficient (Wildman–Crippen LogP) is 4.43. The molecule has 0 amide bonds. The predicted molar refractivity (Wildman–Crippen MR) is 68.4 cm³/mol. The fraction of sp³-hybridized carbons (Fsp3) is 0.143. The third-order valence-corrected chi connectivity index (χ3v) is 3.16. The number of hydrogen-bond donors (Lipinski definition) is 0. The molecule has 0 radical (unpaired) electrons. The van der Waals surface area contributed by atoms with E-state index in [1.165, 1.54) is 16.7 Å². The molecule has 0 fully saturated rings. The molecular formula is C14H7F6N3. The molecule has 0 aliphatic carbocycles. The average Bonchev–Trinajstić information content (AvgIpc) is 2.89. The van der Waals surface area contributed by atoms with Gasteiger partial charge in [-0.1, -0.05) is 6.07 Å². The Bertz CT molecular complexity index is 831. The third kappa shape index (κ3) is 2.86. The molecule has 3 rings (SSSR count). The Hall–Kier alpha value is -2.58. The van der Waals surface area contributed by atoms with E-state index in [4.69, 9.17) is 0 Å². The second-order valence-corrected chi connectivity index (χ2v) is 4.75. The highest BCUT2D eigenvalue weighted by molar-refractivity contribution is 5.62. The van der Waals surface area contributed by atoms with Crippen molar-refractivity contribution in [1.29, 1.82) is 0 Å². The smallest absolute Gasteiger partial charge is 0.282 e. The average molecular weight is 331 g/mol. The molecule has 2 heterocycles. The molecular weight excluding hydrogens is 324 g/mol. The molecule has 0 aliphatic heterocycles. The highest BCUT2D eigenvalue weighted by atomic mass is 19.4. The fourth-order valence-corrected chi connectivity index (χ4v) is 2.12. The molecule has 0 saturated carbocycles. The van der Waals surface area contributed by atoms with Gasteiger partial charge in [0.05, 0.1) is 11.1 Å². The van der Waals surface area contributed by atoms with Crippen LogP contribution in [0.5, 0.6) is 0 Å². The normalized spacial score (nSPS) is 12.8. The number of aromatic nitrogens is 3. The van der Waals surface area contributed by atoms with Crippen molar-refractivity contribution in [1.82, 2.24) is 14.6 Å². The van der Waals surface area contributed by atoms with E-state index in [1.54, 1.807) is 12.1 Å². The SMILES string of the molecule is FC(F)(F)c1cc(-c2nnc3ccccn23)cc(C(F)(F)F)c1. The fourth-order valence-electron chi connectivity index (χ4n) is 2.12. The van der Waals surface area contributed by atoms with E-state index in [0.29, 0.717) is 17.8 Å². The zero-order chi connectivity index (χ0) is 16.8. The molecule has 0 saturated heterocycles. The van der Waals surface area contributed by atoms with E-state index < -0.39 is 23.5 Å². The Kier molecular flexibility index (Phi) is 3.31. The molecule has 0 aliphatic rings. The second-order valence-electron chi connectivity index (χ2n) is 4.75. The maximum atomic E-state index is 12.9. The first-order valence-electron chi connectivity index (χ1n) is 6.26. The lowest BCUT2D eigenvalue weighted by Gasteiger charge is -2.13. The number of alkyl halides is 6. The monoisotopic (exact) mass is 331 g/mol. The number of nitrogens with zero attached hydrogens (tertiary/aromatic N) is 3. The zero-order valence-electron chi connectivity index (χ0n) is 11.2. The Morgan fingerprint density at radius 3 is 1.96 bits per heavy atom. The molecule has 9 heteroatoms. The van der Waals surface area contributed by atoms with Crippen molar-refractivity contribution in [3.8, 4) is 11.4 Å². The van der Waals surface area contributed by atoms with Gasteiger partial charge in [-0.05, 0) is 30.3 Å². The number of fused-ring (bicyclic) bond motifs is 1. The lowest BCUT2D eigenvalue weighted by atomic mass is 10.0. The minimum atomic E-state index is -4.91. The van der Waals surface area contributed by atoms with Crippen molar-refractivity contribution < 1.29 is 26.3 Å². The number of hydrogen-bond acceptors (Lipinski definition) is 2. The molecule has 0 atom stereocenters. The van der Waals surface area contributed by atoms with Crippen LogP contribution in [0.2, 0.25) is 0 Å². The molecule has 0 spiro atoms. The largest absolute Gasteiger partial charge is 0.416 e. The molecule has 0 N–H and O–H groups in total. The van der Waals surface area contributed by atoms with E-state index in [-0.39, 0.29) is 17.5 Å². The number of benzene rings is 1. The van der Waals surface area contributed by atoms with E-state index in [0.717, 1.165) is 0 Å². The standard InChI is InChI=1S/C14H7F6N3/c15-13(16,17)9-5-8(6-10(7-9)14(18,19)20)12-22-21-11-3-1-2-4-23(11)12/h1-7H. The Morgan fingerprint density at radius 2 is 1.39 bits per heavy atom. The van der Waals surface area contributed by atoms with Crippen LogP contribution >= 0.6 is 0 Å². The van der Waals surface area contributed by atoms with Gasteiger partial charge in [0.2, 0.25) is 0 Å². The summed E-state index contributed by atoms with van der Waals surface area (Å²) in [5.74, 6) is -0.0998. The van der Waals surface area contributed by atoms with Crippen LogP contribution in [-0.2, 0) is 12.4 Å². The Labute approximate surface area is 125 Å². The van der Waals surface area contributed by atoms with Crippen molar-refractivity contribution in [3.63, 3.8) is 0 Å². The summed E-state index contributed by atoms with van der Waals surface area (Å²) < 4.78 is 78.6. The van der Waals surface area contributed by atoms with Gasteiger partial charge in [0.15, 0.2) is 11.5 Å². The highest BCUT2D eigenvalue weighted by Gasteiger charge is 2.37. The molecule has 0 unspecified atom stereocenters. The summed E-state index contributed by atoms with van der Waals surface area (Å²) in [5.41, 5.74) is -2.79. The van der Waals surface area contributed by atoms with Crippen molar-refractivity contribution >= 4 is 5.65 Å². The molecule has 23 heavy (non-hydrogen) atoms. The van der Waals surface area contributed by atoms with Crippen molar-refractivity contribution in [2.45, 2.75) is 12.4 Å². The minimum absolute atomic E-state index is 0.0761. The van der Waals surface area contributed by atoms with Crippen LogP contribution in [0.1, 0.15) is 11.1 Å². The number of halogens is 6. The van der Waals surface area contributed by atoms with Gasteiger partial charge in [-0.15, -0.1) is 10.2 Å². The van der Waals surface area contributed by atoms with Gasteiger partial charge in [0.25, 0.3) is 0 Å². The van der Waals surface area contributed by atoms with Crippen LogP contribution in [0.3, 0.4) is 0 Å². The molecule has 3 nitrogen and oxygen atoms in total. The van der Waals surface area contributed by atoms with Gasteiger partial charge < -0.3 is 0 Å². The van der Waals surface area contributed by atoms with Gasteiger partial charge >= 0.3 is 12.4 Å². The van der Waals surface area contributed by atoms with Gasteiger partial charge in [-0.25, -0.2) is 0 Å². The van der Waals surface area contributed by atoms with Crippen LogP contribution < -0.4 is 0 Å². The maximum absolute atomic E-state index is 12.9. The molecule has 2 aromatic heterocycles. The number of rotatable bonds is 1. The van der Waals surface area contributed by atoms with Crippen molar-refractivity contribution in [2.24, 2.45) is 0 Å². The Balaban J connectivity index is 2.26. The molecule has 120 valence electrons. The summed E-state index contributed by atoms with van der Waals surface area (Å²) in [6, 6.07) is 6.05. The summed E-state index contributed by atoms with van der Waals surface area (Å²) in [4.78, 5) is 0. The van der Waals surface area contributed by atoms with Gasteiger partial charge in [0, 0.05) is 11.8 Å². The summed E-state index contributed by atoms with van der Waals surface area (Å²) in [6.07, 6.45) is -8.36. The number of pyridine rings is 1. The second kappa shape index (κ2) is 4.97. The summed E-state index contributed by atoms with van der Waals surface area (Å²) >= 11 is 0. The first-order valence-corrected chi connectivity index (χ1v) is 6.26. The Morgan fingerprint density at radius 1 is 0.783 bits per heavy atom. The van der Waals surface area contributed by atoms with Gasteiger partial charge in [-0.2, -0.15) is 26.3 Å². The zero-order valence-corrected chi connectivity index (χ0v) is 11.2. The first kappa shape index (κ1) is 15.3. The van der Waals surface area contributed by atoms with Crippen LogP contribution in [-0.4, -0.2) is 14.6 Å². The van der Waals surface area contributed by atoms with Crippen LogP contribution in [0, 0.1) is 0 Å². The van der Waals surface area contributed by atoms with Gasteiger partial charge in [-0.3, -0.25) is 4.40 Å². The molecule has 3 aromatic rings. The van der Waals surface area contributed by atoms with Gasteiger partial charge in [0.1, 0.15) is 0 Å². The van der Waals surface area contributed by atoms with Crippen LogP contribution in [0.15, 0.2) is 42.6 Å². The van der Waals surface area contributed by atoms with Crippen LogP contribution in [0.25, 0.3) is 17.0 Å².